The summed E-state index contributed by atoms with van der Waals surface area (Å²) in [4.78, 5) is 4.41. The van der Waals surface area contributed by atoms with E-state index in [0.717, 1.165) is 5.56 Å². The molecule has 0 saturated heterocycles. The second-order valence-electron chi connectivity index (χ2n) is 5.94. The van der Waals surface area contributed by atoms with Crippen LogP contribution in [0.15, 0.2) is 28.8 Å². The van der Waals surface area contributed by atoms with Crippen LogP contribution in [0.4, 0.5) is 4.39 Å². The minimum atomic E-state index is -0.228. The molecule has 1 aromatic heterocycles. The number of hydrogen-bond acceptors (Lipinski definition) is 4. The van der Waals surface area contributed by atoms with Gasteiger partial charge in [-0.15, -0.1) is 0 Å². The van der Waals surface area contributed by atoms with Crippen LogP contribution in [0.1, 0.15) is 51.0 Å². The molecule has 0 bridgehead atoms. The van der Waals surface area contributed by atoms with Gasteiger partial charge >= 0.3 is 0 Å². The van der Waals surface area contributed by atoms with E-state index in [2.05, 4.69) is 15.5 Å². The average Bonchev–Trinajstić information content (AvgIpc) is 2.87. The van der Waals surface area contributed by atoms with Gasteiger partial charge in [-0.25, -0.2) is 4.39 Å². The average molecular weight is 277 g/mol. The van der Waals surface area contributed by atoms with Crippen molar-refractivity contribution in [3.8, 4) is 0 Å². The first-order valence-electron chi connectivity index (χ1n) is 6.68. The van der Waals surface area contributed by atoms with Gasteiger partial charge in [0.2, 0.25) is 5.89 Å². The Kier molecular flexibility index (Phi) is 4.18. The van der Waals surface area contributed by atoms with E-state index in [4.69, 9.17) is 4.52 Å². The fourth-order valence-corrected chi connectivity index (χ4v) is 1.68. The number of halogens is 1. The fraction of sp³-hybridized carbons (Fsp3) is 0.467. The van der Waals surface area contributed by atoms with Gasteiger partial charge in [-0.2, -0.15) is 4.98 Å². The molecule has 0 saturated carbocycles. The van der Waals surface area contributed by atoms with Crippen molar-refractivity contribution in [2.75, 3.05) is 0 Å². The van der Waals surface area contributed by atoms with Crippen molar-refractivity contribution in [1.29, 1.82) is 0 Å². The monoisotopic (exact) mass is 277 g/mol. The molecule has 1 aromatic carbocycles. The van der Waals surface area contributed by atoms with Crippen molar-refractivity contribution in [2.24, 2.45) is 0 Å². The van der Waals surface area contributed by atoms with Gasteiger partial charge in [0.1, 0.15) is 5.82 Å². The number of nitrogens with zero attached hydrogens (tertiary/aromatic N) is 2. The number of aromatic nitrogens is 2. The van der Waals surface area contributed by atoms with Crippen LogP contribution in [0.25, 0.3) is 0 Å². The Labute approximate surface area is 118 Å². The Bertz CT molecular complexity index is 557. The van der Waals surface area contributed by atoms with Gasteiger partial charge in [0, 0.05) is 12.0 Å². The molecule has 1 atom stereocenters. The van der Waals surface area contributed by atoms with Gasteiger partial charge in [0.15, 0.2) is 5.82 Å². The summed E-state index contributed by atoms with van der Waals surface area (Å²) in [6, 6.07) is 6.36. The van der Waals surface area contributed by atoms with Crippen molar-refractivity contribution in [1.82, 2.24) is 15.5 Å². The van der Waals surface area contributed by atoms with Crippen LogP contribution >= 0.6 is 0 Å². The van der Waals surface area contributed by atoms with Crippen LogP contribution in [-0.4, -0.2) is 10.1 Å². The lowest BCUT2D eigenvalue weighted by molar-refractivity contribution is 0.330. The summed E-state index contributed by atoms with van der Waals surface area (Å²) in [7, 11) is 0. The molecule has 2 rings (SSSR count). The third-order valence-corrected chi connectivity index (χ3v) is 3.01. The van der Waals surface area contributed by atoms with E-state index in [9.17, 15) is 4.39 Å². The van der Waals surface area contributed by atoms with Crippen LogP contribution in [0.3, 0.4) is 0 Å². The first-order chi connectivity index (χ1) is 9.36. The molecule has 1 unspecified atom stereocenters. The first kappa shape index (κ1) is 14.7. The fourth-order valence-electron chi connectivity index (χ4n) is 1.68. The topological polar surface area (TPSA) is 51.0 Å². The minimum Gasteiger partial charge on any atom is -0.338 e. The predicted octanol–water partition coefficient (Wildman–Crippen LogP) is 3.36. The summed E-state index contributed by atoms with van der Waals surface area (Å²) in [5.41, 5.74) is 0.882. The zero-order valence-electron chi connectivity index (χ0n) is 12.3. The van der Waals surface area contributed by atoms with Crippen LogP contribution in [-0.2, 0) is 12.0 Å². The molecule has 1 N–H and O–H groups in total. The highest BCUT2D eigenvalue weighted by Crippen LogP contribution is 2.20. The van der Waals surface area contributed by atoms with Crippen LogP contribution in [0.5, 0.6) is 0 Å². The smallest absolute Gasteiger partial charge is 0.243 e. The highest BCUT2D eigenvalue weighted by molar-refractivity contribution is 5.16. The van der Waals surface area contributed by atoms with E-state index < -0.39 is 0 Å². The number of hydrogen-bond donors (Lipinski definition) is 1. The molecule has 5 heteroatoms. The van der Waals surface area contributed by atoms with Gasteiger partial charge in [-0.3, -0.25) is 0 Å². The molecule has 0 spiro atoms. The lowest BCUT2D eigenvalue weighted by atomic mass is 9.96. The van der Waals surface area contributed by atoms with Crippen molar-refractivity contribution in [3.05, 3.63) is 47.4 Å². The highest BCUT2D eigenvalue weighted by atomic mass is 19.1. The van der Waals surface area contributed by atoms with Crippen molar-refractivity contribution in [2.45, 2.75) is 45.7 Å². The van der Waals surface area contributed by atoms with E-state index >= 15 is 0 Å². The van der Waals surface area contributed by atoms with Gasteiger partial charge in [-0.1, -0.05) is 38.1 Å². The molecule has 20 heavy (non-hydrogen) atoms. The number of benzene rings is 1. The second kappa shape index (κ2) is 5.71. The first-order valence-corrected chi connectivity index (χ1v) is 6.68. The quantitative estimate of drug-likeness (QED) is 0.931. The van der Waals surface area contributed by atoms with Crippen molar-refractivity contribution in [3.63, 3.8) is 0 Å². The van der Waals surface area contributed by atoms with Gasteiger partial charge in [0.25, 0.3) is 0 Å². The molecule has 0 aliphatic carbocycles. The molecule has 0 amide bonds. The maximum Gasteiger partial charge on any atom is 0.243 e. The van der Waals surface area contributed by atoms with Crippen LogP contribution in [0, 0.1) is 5.82 Å². The Morgan fingerprint density at radius 1 is 1.25 bits per heavy atom. The molecule has 0 aliphatic heterocycles. The molecular weight excluding hydrogens is 257 g/mol. The van der Waals surface area contributed by atoms with E-state index in [-0.39, 0.29) is 17.3 Å². The third-order valence-electron chi connectivity index (χ3n) is 3.01. The summed E-state index contributed by atoms with van der Waals surface area (Å²) in [5, 5.41) is 7.28. The summed E-state index contributed by atoms with van der Waals surface area (Å²) < 4.78 is 18.1. The maximum atomic E-state index is 12.8. The molecule has 0 aliphatic rings. The van der Waals surface area contributed by atoms with E-state index in [0.29, 0.717) is 18.3 Å². The van der Waals surface area contributed by atoms with E-state index in [1.807, 2.05) is 27.7 Å². The normalized spacial score (nSPS) is 13.4. The lowest BCUT2D eigenvalue weighted by Crippen LogP contribution is -2.19. The molecule has 0 fully saturated rings. The van der Waals surface area contributed by atoms with E-state index in [1.54, 1.807) is 12.1 Å². The van der Waals surface area contributed by atoms with Gasteiger partial charge < -0.3 is 9.84 Å². The summed E-state index contributed by atoms with van der Waals surface area (Å²) in [6.45, 7) is 8.70. The van der Waals surface area contributed by atoms with E-state index in [1.165, 1.54) is 12.1 Å². The summed E-state index contributed by atoms with van der Waals surface area (Å²) in [6.07, 6.45) is 0. The minimum absolute atomic E-state index is 0.0522. The molecule has 4 nitrogen and oxygen atoms in total. The summed E-state index contributed by atoms with van der Waals surface area (Å²) >= 11 is 0. The van der Waals surface area contributed by atoms with Gasteiger partial charge in [0.05, 0.1) is 6.04 Å². The molecular formula is C15H20FN3O. The molecule has 108 valence electrons. The molecule has 2 aromatic rings. The summed E-state index contributed by atoms with van der Waals surface area (Å²) in [5.74, 6) is 1.04. The standard InChI is InChI=1S/C15H20FN3O/c1-10(13-18-14(19-20-13)15(2,3)4)17-9-11-5-7-12(16)8-6-11/h5-8,10,17H,9H2,1-4H3. The number of nitrogens with one attached hydrogen (secondary N) is 1. The highest BCUT2D eigenvalue weighted by Gasteiger charge is 2.22. The largest absolute Gasteiger partial charge is 0.338 e. The second-order valence-corrected chi connectivity index (χ2v) is 5.94. The lowest BCUT2D eigenvalue weighted by Gasteiger charge is -2.12. The third kappa shape index (κ3) is 3.63. The molecule has 1 heterocycles. The Hall–Kier alpha value is -1.75. The van der Waals surface area contributed by atoms with Gasteiger partial charge in [-0.05, 0) is 24.6 Å². The van der Waals surface area contributed by atoms with Crippen LogP contribution < -0.4 is 5.32 Å². The zero-order chi connectivity index (χ0) is 14.8. The Morgan fingerprint density at radius 3 is 2.45 bits per heavy atom. The Morgan fingerprint density at radius 2 is 1.90 bits per heavy atom. The maximum absolute atomic E-state index is 12.8. The zero-order valence-corrected chi connectivity index (χ0v) is 12.3. The number of rotatable bonds is 4. The van der Waals surface area contributed by atoms with Crippen molar-refractivity contribution < 1.29 is 8.91 Å². The SMILES string of the molecule is CC(NCc1ccc(F)cc1)c1nc(C(C)(C)C)no1. The molecule has 0 radical (unpaired) electrons. The van der Waals surface area contributed by atoms with Crippen molar-refractivity contribution >= 4 is 0 Å². The predicted molar refractivity (Wildman–Crippen MR) is 74.7 cm³/mol. The Balaban J connectivity index is 1.96. The van der Waals surface area contributed by atoms with Crippen LogP contribution in [0.2, 0.25) is 0 Å².